The minimum absolute atomic E-state index is 0.0280. The second-order valence-corrected chi connectivity index (χ2v) is 6.90. The molecule has 27 heavy (non-hydrogen) atoms. The van der Waals surface area contributed by atoms with Crippen LogP contribution in [0.25, 0.3) is 11.1 Å². The van der Waals surface area contributed by atoms with Crippen molar-refractivity contribution in [3.05, 3.63) is 58.6 Å². The monoisotopic (exact) mass is 398 g/mol. The Morgan fingerprint density at radius 3 is 2.30 bits per heavy atom. The number of alkyl halides is 3. The van der Waals surface area contributed by atoms with Gasteiger partial charge in [-0.25, -0.2) is 0 Å². The predicted molar refractivity (Wildman–Crippen MR) is 101 cm³/mol. The third kappa shape index (κ3) is 5.47. The van der Waals surface area contributed by atoms with Gasteiger partial charge in [-0.2, -0.15) is 13.2 Å². The molecule has 7 heteroatoms. The van der Waals surface area contributed by atoms with Gasteiger partial charge in [0.05, 0.1) is 6.04 Å². The summed E-state index contributed by atoms with van der Waals surface area (Å²) in [7, 11) is 0. The van der Waals surface area contributed by atoms with Crippen molar-refractivity contribution in [1.82, 2.24) is 5.32 Å². The normalized spacial score (nSPS) is 14.0. The zero-order chi connectivity index (χ0) is 20.2. The summed E-state index contributed by atoms with van der Waals surface area (Å²) in [5.41, 5.74) is 7.88. The van der Waals surface area contributed by atoms with Crippen LogP contribution >= 0.6 is 11.6 Å². The predicted octanol–water partition coefficient (Wildman–Crippen LogP) is 5.16. The third-order valence-electron chi connectivity index (χ3n) is 4.36. The van der Waals surface area contributed by atoms with Crippen molar-refractivity contribution in [3.8, 4) is 11.1 Å². The first-order valence-corrected chi connectivity index (χ1v) is 8.99. The average molecular weight is 399 g/mol. The topological polar surface area (TPSA) is 55.1 Å². The fourth-order valence-electron chi connectivity index (χ4n) is 2.98. The van der Waals surface area contributed by atoms with Gasteiger partial charge in [0.1, 0.15) is 6.04 Å². The molecule has 0 radical (unpaired) electrons. The van der Waals surface area contributed by atoms with Gasteiger partial charge in [0.2, 0.25) is 5.91 Å². The first kappa shape index (κ1) is 21.3. The van der Waals surface area contributed by atoms with Crippen molar-refractivity contribution in [1.29, 1.82) is 0 Å². The minimum Gasteiger partial charge on any atom is -0.368 e. The van der Waals surface area contributed by atoms with Gasteiger partial charge in [0.25, 0.3) is 0 Å². The molecule has 2 aromatic rings. The molecule has 0 heterocycles. The molecule has 0 aliphatic rings. The van der Waals surface area contributed by atoms with E-state index in [4.69, 9.17) is 17.3 Å². The summed E-state index contributed by atoms with van der Waals surface area (Å²) in [6, 6.07) is 8.44. The lowest BCUT2D eigenvalue weighted by molar-refractivity contribution is -0.160. The molecule has 3 N–H and O–H groups in total. The fourth-order valence-corrected chi connectivity index (χ4v) is 3.21. The zero-order valence-corrected chi connectivity index (χ0v) is 15.9. The Hall–Kier alpha value is -2.05. The Labute approximate surface area is 161 Å². The molecule has 0 saturated heterocycles. The van der Waals surface area contributed by atoms with E-state index >= 15 is 0 Å². The van der Waals surface area contributed by atoms with Gasteiger partial charge in [-0.1, -0.05) is 55.3 Å². The number of aryl methyl sites for hydroxylation is 1. The quantitative estimate of drug-likeness (QED) is 0.676. The molecule has 3 nitrogen and oxygen atoms in total. The van der Waals surface area contributed by atoms with Gasteiger partial charge in [-0.3, -0.25) is 10.1 Å². The summed E-state index contributed by atoms with van der Waals surface area (Å²) in [6.07, 6.45) is -3.77. The SMILES string of the molecule is CCC[C@H](N[C@@H](c1ccc(-c2ccc(Cl)cc2C)cc1)C(F)(F)F)C(N)=O. The lowest BCUT2D eigenvalue weighted by Gasteiger charge is -2.26. The zero-order valence-electron chi connectivity index (χ0n) is 15.1. The fraction of sp³-hybridized carbons (Fsp3) is 0.350. The van der Waals surface area contributed by atoms with Crippen LogP contribution in [-0.2, 0) is 4.79 Å². The number of hydrogen-bond donors (Lipinski definition) is 2. The summed E-state index contributed by atoms with van der Waals surface area (Å²) in [5.74, 6) is -0.792. The summed E-state index contributed by atoms with van der Waals surface area (Å²) in [4.78, 5) is 11.5. The van der Waals surface area contributed by atoms with Crippen LogP contribution in [0.3, 0.4) is 0 Å². The standard InChI is InChI=1S/C20H22ClF3N2O/c1-3-4-17(19(25)27)26-18(20(22,23)24)14-7-5-13(6-8-14)16-10-9-15(21)11-12(16)2/h5-11,17-18,26H,3-4H2,1-2H3,(H2,25,27)/t17-,18-/m0/s1. The number of carbonyl (C=O) groups excluding carboxylic acids is 1. The maximum Gasteiger partial charge on any atom is 0.407 e. The Balaban J connectivity index is 2.33. The van der Waals surface area contributed by atoms with Gasteiger partial charge in [-0.05, 0) is 47.7 Å². The van der Waals surface area contributed by atoms with Crippen LogP contribution in [0.4, 0.5) is 13.2 Å². The highest BCUT2D eigenvalue weighted by Gasteiger charge is 2.42. The first-order chi connectivity index (χ1) is 12.6. The van der Waals surface area contributed by atoms with Crippen molar-refractivity contribution >= 4 is 17.5 Å². The van der Waals surface area contributed by atoms with Crippen molar-refractivity contribution in [2.45, 2.75) is 44.9 Å². The van der Waals surface area contributed by atoms with Crippen molar-refractivity contribution in [3.63, 3.8) is 0 Å². The van der Waals surface area contributed by atoms with Crippen LogP contribution in [0.1, 0.15) is 36.9 Å². The van der Waals surface area contributed by atoms with Crippen LogP contribution < -0.4 is 11.1 Å². The van der Waals surface area contributed by atoms with Crippen LogP contribution in [0.5, 0.6) is 0 Å². The highest BCUT2D eigenvalue weighted by molar-refractivity contribution is 6.30. The third-order valence-corrected chi connectivity index (χ3v) is 4.59. The van der Waals surface area contributed by atoms with E-state index < -0.39 is 24.2 Å². The van der Waals surface area contributed by atoms with E-state index in [1.165, 1.54) is 12.1 Å². The van der Waals surface area contributed by atoms with E-state index in [2.05, 4.69) is 5.32 Å². The van der Waals surface area contributed by atoms with Gasteiger partial charge in [0.15, 0.2) is 0 Å². The van der Waals surface area contributed by atoms with E-state index in [0.29, 0.717) is 11.4 Å². The lowest BCUT2D eigenvalue weighted by Crippen LogP contribution is -2.47. The van der Waals surface area contributed by atoms with Gasteiger partial charge in [-0.15, -0.1) is 0 Å². The Bertz CT molecular complexity index is 791. The molecule has 146 valence electrons. The molecule has 2 aromatic carbocycles. The lowest BCUT2D eigenvalue weighted by atomic mass is 9.97. The van der Waals surface area contributed by atoms with Gasteiger partial charge >= 0.3 is 6.18 Å². The minimum atomic E-state index is -4.56. The molecule has 2 rings (SSSR count). The first-order valence-electron chi connectivity index (χ1n) is 8.62. The summed E-state index contributed by atoms with van der Waals surface area (Å²) in [5, 5.41) is 2.97. The highest BCUT2D eigenvalue weighted by atomic mass is 35.5. The molecule has 0 unspecified atom stereocenters. The summed E-state index contributed by atoms with van der Waals surface area (Å²) in [6.45, 7) is 3.67. The molecule has 0 fully saturated rings. The van der Waals surface area contributed by atoms with Crippen LogP contribution in [-0.4, -0.2) is 18.1 Å². The van der Waals surface area contributed by atoms with Crippen LogP contribution in [0, 0.1) is 6.92 Å². The number of carbonyl (C=O) groups is 1. The van der Waals surface area contributed by atoms with E-state index in [0.717, 1.165) is 16.7 Å². The number of amides is 1. The van der Waals surface area contributed by atoms with Crippen LogP contribution in [0.2, 0.25) is 5.02 Å². The maximum absolute atomic E-state index is 13.6. The van der Waals surface area contributed by atoms with E-state index in [-0.39, 0.29) is 12.0 Å². The van der Waals surface area contributed by atoms with E-state index in [1.54, 1.807) is 31.2 Å². The Morgan fingerprint density at radius 1 is 1.19 bits per heavy atom. The smallest absolute Gasteiger partial charge is 0.368 e. The molecule has 0 aliphatic heterocycles. The van der Waals surface area contributed by atoms with Crippen molar-refractivity contribution in [2.75, 3.05) is 0 Å². The average Bonchev–Trinajstić information content (AvgIpc) is 2.57. The summed E-state index contributed by atoms with van der Waals surface area (Å²) < 4.78 is 40.7. The highest BCUT2D eigenvalue weighted by Crippen LogP contribution is 2.35. The molecule has 0 bridgehead atoms. The van der Waals surface area contributed by atoms with E-state index in [1.807, 2.05) is 13.0 Å². The number of rotatable bonds is 7. The number of nitrogens with one attached hydrogen (secondary N) is 1. The molecule has 0 aromatic heterocycles. The Morgan fingerprint density at radius 2 is 1.81 bits per heavy atom. The molecule has 0 spiro atoms. The molecular formula is C20H22ClF3N2O. The molecule has 2 atom stereocenters. The number of benzene rings is 2. The van der Waals surface area contributed by atoms with E-state index in [9.17, 15) is 18.0 Å². The number of halogens is 4. The molecule has 1 amide bonds. The number of primary amides is 1. The second-order valence-electron chi connectivity index (χ2n) is 6.47. The van der Waals surface area contributed by atoms with Crippen LogP contribution in [0.15, 0.2) is 42.5 Å². The molecule has 0 saturated carbocycles. The maximum atomic E-state index is 13.6. The van der Waals surface area contributed by atoms with Gasteiger partial charge in [0, 0.05) is 5.02 Å². The molecule has 0 aliphatic carbocycles. The largest absolute Gasteiger partial charge is 0.407 e. The Kier molecular flexibility index (Phi) is 6.89. The van der Waals surface area contributed by atoms with Crippen molar-refractivity contribution < 1.29 is 18.0 Å². The summed E-state index contributed by atoms with van der Waals surface area (Å²) >= 11 is 5.95. The van der Waals surface area contributed by atoms with Crippen molar-refractivity contribution in [2.24, 2.45) is 5.73 Å². The molecular weight excluding hydrogens is 377 g/mol. The number of nitrogens with two attached hydrogens (primary N) is 1. The number of hydrogen-bond acceptors (Lipinski definition) is 2. The second kappa shape index (κ2) is 8.76. The van der Waals surface area contributed by atoms with Gasteiger partial charge < -0.3 is 5.73 Å².